The molecule has 3 rings (SSSR count). The van der Waals surface area contributed by atoms with Gasteiger partial charge in [-0.25, -0.2) is 8.42 Å². The van der Waals surface area contributed by atoms with Crippen molar-refractivity contribution in [3.05, 3.63) is 47.5 Å². The molecule has 2 aromatic rings. The molecule has 2 amide bonds. The SMILES string of the molecule is CCC(=O)Nc1ccc(S(=O)(=O)Nc2ccc3c(c2)CC(=O)N3CC)c(C)c1. The van der Waals surface area contributed by atoms with Crippen LogP contribution in [0.3, 0.4) is 0 Å². The summed E-state index contributed by atoms with van der Waals surface area (Å²) < 4.78 is 28.2. The smallest absolute Gasteiger partial charge is 0.262 e. The fourth-order valence-corrected chi connectivity index (χ4v) is 4.56. The number of nitrogens with one attached hydrogen (secondary N) is 2. The number of hydrogen-bond acceptors (Lipinski definition) is 4. The van der Waals surface area contributed by atoms with Gasteiger partial charge in [-0.1, -0.05) is 6.92 Å². The van der Waals surface area contributed by atoms with Gasteiger partial charge in [0, 0.05) is 30.0 Å². The van der Waals surface area contributed by atoms with Crippen LogP contribution in [0, 0.1) is 6.92 Å². The number of hydrogen-bond donors (Lipinski definition) is 2. The van der Waals surface area contributed by atoms with Crippen molar-refractivity contribution in [1.29, 1.82) is 0 Å². The van der Waals surface area contributed by atoms with E-state index in [-0.39, 0.29) is 23.1 Å². The molecular formula is C20H23N3O4S. The Kier molecular flexibility index (Phi) is 5.42. The highest BCUT2D eigenvalue weighted by atomic mass is 32.2. The minimum Gasteiger partial charge on any atom is -0.326 e. The number of anilines is 3. The topological polar surface area (TPSA) is 95.6 Å². The lowest BCUT2D eigenvalue weighted by atomic mass is 10.1. The zero-order valence-corrected chi connectivity index (χ0v) is 16.9. The molecule has 8 heteroatoms. The van der Waals surface area contributed by atoms with Gasteiger partial charge in [-0.05, 0) is 61.4 Å². The molecule has 2 aromatic carbocycles. The number of benzene rings is 2. The van der Waals surface area contributed by atoms with E-state index >= 15 is 0 Å². The van der Waals surface area contributed by atoms with Crippen LogP contribution in [0.15, 0.2) is 41.3 Å². The summed E-state index contributed by atoms with van der Waals surface area (Å²) in [6, 6.07) is 9.78. The Morgan fingerprint density at radius 2 is 1.82 bits per heavy atom. The first-order valence-electron chi connectivity index (χ1n) is 9.11. The van der Waals surface area contributed by atoms with Crippen molar-refractivity contribution in [2.24, 2.45) is 0 Å². The molecule has 0 unspecified atom stereocenters. The van der Waals surface area contributed by atoms with Gasteiger partial charge in [0.15, 0.2) is 0 Å². The molecule has 0 radical (unpaired) electrons. The largest absolute Gasteiger partial charge is 0.326 e. The molecule has 0 aromatic heterocycles. The lowest BCUT2D eigenvalue weighted by molar-refractivity contribution is -0.117. The Morgan fingerprint density at radius 1 is 1.11 bits per heavy atom. The van der Waals surface area contributed by atoms with Gasteiger partial charge >= 0.3 is 0 Å². The van der Waals surface area contributed by atoms with Crippen LogP contribution >= 0.6 is 0 Å². The molecule has 28 heavy (non-hydrogen) atoms. The Bertz CT molecular complexity index is 1050. The Morgan fingerprint density at radius 3 is 2.46 bits per heavy atom. The highest BCUT2D eigenvalue weighted by Crippen LogP contribution is 2.32. The predicted molar refractivity (Wildman–Crippen MR) is 109 cm³/mol. The molecule has 7 nitrogen and oxygen atoms in total. The van der Waals surface area contributed by atoms with E-state index in [1.807, 2.05) is 6.92 Å². The molecule has 2 N–H and O–H groups in total. The van der Waals surface area contributed by atoms with Crippen LogP contribution < -0.4 is 14.9 Å². The number of rotatable bonds is 6. The Hall–Kier alpha value is -2.87. The van der Waals surface area contributed by atoms with Gasteiger partial charge in [-0.2, -0.15) is 0 Å². The third kappa shape index (κ3) is 3.87. The maximum atomic E-state index is 12.8. The standard InChI is InChI=1S/C20H23N3O4S/c1-4-19(24)21-15-7-9-18(13(3)10-15)28(26,27)22-16-6-8-17-14(11-16)12-20(25)23(17)5-2/h6-11,22H,4-5,12H2,1-3H3,(H,21,24). The molecule has 1 heterocycles. The van der Waals surface area contributed by atoms with Gasteiger partial charge in [0.05, 0.1) is 11.3 Å². The second-order valence-electron chi connectivity index (χ2n) is 6.65. The van der Waals surface area contributed by atoms with E-state index in [0.29, 0.717) is 29.9 Å². The number of sulfonamides is 1. The summed E-state index contributed by atoms with van der Waals surface area (Å²) in [5.41, 5.74) is 3.12. The van der Waals surface area contributed by atoms with E-state index in [4.69, 9.17) is 0 Å². The molecule has 0 atom stereocenters. The van der Waals surface area contributed by atoms with Crippen molar-refractivity contribution < 1.29 is 18.0 Å². The summed E-state index contributed by atoms with van der Waals surface area (Å²) in [5, 5.41) is 2.71. The normalized spacial score (nSPS) is 13.4. The van der Waals surface area contributed by atoms with Gasteiger partial charge in [-0.15, -0.1) is 0 Å². The monoisotopic (exact) mass is 401 g/mol. The third-order valence-electron chi connectivity index (χ3n) is 4.65. The summed E-state index contributed by atoms with van der Waals surface area (Å²) in [6.07, 6.45) is 0.612. The number of aryl methyl sites for hydroxylation is 1. The summed E-state index contributed by atoms with van der Waals surface area (Å²) in [5.74, 6) is -0.125. The van der Waals surface area contributed by atoms with Crippen LogP contribution in [0.4, 0.5) is 17.1 Å². The van der Waals surface area contributed by atoms with Crippen molar-refractivity contribution in [2.75, 3.05) is 21.5 Å². The number of amides is 2. The van der Waals surface area contributed by atoms with E-state index in [1.54, 1.807) is 49.1 Å². The average Bonchev–Trinajstić information content (AvgIpc) is 2.95. The van der Waals surface area contributed by atoms with Crippen molar-refractivity contribution in [1.82, 2.24) is 0 Å². The van der Waals surface area contributed by atoms with Gasteiger partial charge < -0.3 is 10.2 Å². The van der Waals surface area contributed by atoms with Crippen LogP contribution in [0.1, 0.15) is 31.4 Å². The van der Waals surface area contributed by atoms with Crippen molar-refractivity contribution in [2.45, 2.75) is 38.5 Å². The van der Waals surface area contributed by atoms with Crippen molar-refractivity contribution in [3.8, 4) is 0 Å². The molecule has 0 bridgehead atoms. The second-order valence-corrected chi connectivity index (χ2v) is 8.30. The fraction of sp³-hybridized carbons (Fsp3) is 0.300. The maximum Gasteiger partial charge on any atom is 0.262 e. The molecule has 0 saturated heterocycles. The van der Waals surface area contributed by atoms with Crippen LogP contribution in [0.25, 0.3) is 0 Å². The van der Waals surface area contributed by atoms with Gasteiger partial charge in [-0.3, -0.25) is 14.3 Å². The minimum atomic E-state index is -3.81. The molecule has 0 fully saturated rings. The summed E-state index contributed by atoms with van der Waals surface area (Å²) in [7, 11) is -3.81. The average molecular weight is 401 g/mol. The highest BCUT2D eigenvalue weighted by Gasteiger charge is 2.26. The fourth-order valence-electron chi connectivity index (χ4n) is 3.28. The number of fused-ring (bicyclic) bond motifs is 1. The van der Waals surface area contributed by atoms with E-state index in [1.165, 1.54) is 6.07 Å². The summed E-state index contributed by atoms with van der Waals surface area (Å²) in [4.78, 5) is 25.3. The number of likely N-dealkylation sites (N-methyl/N-ethyl adjacent to an activating group) is 1. The molecule has 1 aliphatic heterocycles. The molecule has 148 valence electrons. The zero-order chi connectivity index (χ0) is 20.5. The number of carbonyl (C=O) groups excluding carboxylic acids is 2. The quantitative estimate of drug-likeness (QED) is 0.778. The number of carbonyl (C=O) groups is 2. The third-order valence-corrected chi connectivity index (χ3v) is 6.19. The maximum absolute atomic E-state index is 12.8. The van der Waals surface area contributed by atoms with E-state index in [9.17, 15) is 18.0 Å². The first-order valence-corrected chi connectivity index (χ1v) is 10.6. The van der Waals surface area contributed by atoms with Crippen LogP contribution in [0.2, 0.25) is 0 Å². The van der Waals surface area contributed by atoms with E-state index in [2.05, 4.69) is 10.0 Å². The van der Waals surface area contributed by atoms with Gasteiger partial charge in [0.25, 0.3) is 10.0 Å². The summed E-state index contributed by atoms with van der Waals surface area (Å²) >= 11 is 0. The van der Waals surface area contributed by atoms with Crippen LogP contribution in [-0.4, -0.2) is 26.8 Å². The molecule has 0 spiro atoms. The van der Waals surface area contributed by atoms with Crippen LogP contribution in [-0.2, 0) is 26.0 Å². The first-order chi connectivity index (χ1) is 13.2. The Balaban J connectivity index is 1.84. The predicted octanol–water partition coefficient (Wildman–Crippen LogP) is 3.05. The van der Waals surface area contributed by atoms with E-state index in [0.717, 1.165) is 11.3 Å². The summed E-state index contributed by atoms with van der Waals surface area (Å²) in [6.45, 7) is 5.90. The highest BCUT2D eigenvalue weighted by molar-refractivity contribution is 7.92. The van der Waals surface area contributed by atoms with E-state index < -0.39 is 10.0 Å². The lowest BCUT2D eigenvalue weighted by Crippen LogP contribution is -2.25. The number of nitrogens with zero attached hydrogens (tertiary/aromatic N) is 1. The molecule has 0 saturated carbocycles. The molecular weight excluding hydrogens is 378 g/mol. The molecule has 1 aliphatic rings. The lowest BCUT2D eigenvalue weighted by Gasteiger charge is -2.15. The zero-order valence-electron chi connectivity index (χ0n) is 16.1. The second kappa shape index (κ2) is 7.63. The van der Waals surface area contributed by atoms with Crippen LogP contribution in [0.5, 0.6) is 0 Å². The minimum absolute atomic E-state index is 0.0121. The molecule has 0 aliphatic carbocycles. The van der Waals surface area contributed by atoms with Gasteiger partial charge in [0.1, 0.15) is 0 Å². The van der Waals surface area contributed by atoms with Crippen molar-refractivity contribution in [3.63, 3.8) is 0 Å². The Labute approximate surface area is 164 Å². The van der Waals surface area contributed by atoms with Crippen molar-refractivity contribution >= 4 is 38.9 Å². The first kappa shape index (κ1) is 19.9. The van der Waals surface area contributed by atoms with Gasteiger partial charge in [0.2, 0.25) is 11.8 Å².